The van der Waals surface area contributed by atoms with Gasteiger partial charge in [0.25, 0.3) is 0 Å². The van der Waals surface area contributed by atoms with Crippen LogP contribution in [0.2, 0.25) is 0 Å². The monoisotopic (exact) mass is 285 g/mol. The Morgan fingerprint density at radius 3 is 2.90 bits per heavy atom. The Kier molecular flexibility index (Phi) is 4.34. The van der Waals surface area contributed by atoms with Crippen LogP contribution >= 0.6 is 0 Å². The zero-order valence-corrected chi connectivity index (χ0v) is 12.8. The van der Waals surface area contributed by atoms with Gasteiger partial charge in [-0.3, -0.25) is 0 Å². The van der Waals surface area contributed by atoms with E-state index in [2.05, 4.69) is 53.6 Å². The molecule has 0 amide bonds. The maximum absolute atomic E-state index is 5.39. The number of nitrogens with one attached hydrogen (secondary N) is 1. The zero-order valence-electron chi connectivity index (χ0n) is 12.8. The molecule has 21 heavy (non-hydrogen) atoms. The van der Waals surface area contributed by atoms with E-state index >= 15 is 0 Å². The van der Waals surface area contributed by atoms with Crippen molar-refractivity contribution in [1.29, 1.82) is 0 Å². The Labute approximate surface area is 126 Å². The molecule has 0 aliphatic heterocycles. The number of aryl methyl sites for hydroxylation is 1. The van der Waals surface area contributed by atoms with E-state index in [4.69, 9.17) is 4.52 Å². The number of hydrogen-bond acceptors (Lipinski definition) is 4. The Bertz CT molecular complexity index is 591. The molecule has 1 aliphatic rings. The van der Waals surface area contributed by atoms with Gasteiger partial charge in [-0.05, 0) is 30.4 Å². The molecule has 0 spiro atoms. The van der Waals surface area contributed by atoms with Gasteiger partial charge in [0.2, 0.25) is 5.89 Å². The van der Waals surface area contributed by atoms with Gasteiger partial charge in [0.1, 0.15) is 0 Å². The molecular weight excluding hydrogens is 262 g/mol. The molecule has 2 aromatic rings. The Balaban J connectivity index is 1.62. The largest absolute Gasteiger partial charge is 0.339 e. The molecule has 0 bridgehead atoms. The SMILES string of the molecule is CC(C)NCCc1nc(C2CCc3ccccc3C2)no1. The zero-order chi connectivity index (χ0) is 14.7. The number of fused-ring (bicyclic) bond motifs is 1. The minimum atomic E-state index is 0.399. The summed E-state index contributed by atoms with van der Waals surface area (Å²) in [5, 5.41) is 7.56. The molecule has 1 unspecified atom stereocenters. The van der Waals surface area contributed by atoms with E-state index in [0.717, 1.165) is 43.9 Å². The molecule has 112 valence electrons. The van der Waals surface area contributed by atoms with Crippen molar-refractivity contribution in [1.82, 2.24) is 15.5 Å². The first kappa shape index (κ1) is 14.3. The third kappa shape index (κ3) is 3.50. The molecule has 1 aromatic carbocycles. The van der Waals surface area contributed by atoms with Crippen LogP contribution in [0.4, 0.5) is 0 Å². The van der Waals surface area contributed by atoms with E-state index in [1.54, 1.807) is 0 Å². The van der Waals surface area contributed by atoms with Crippen LogP contribution in [0.15, 0.2) is 28.8 Å². The molecule has 4 nitrogen and oxygen atoms in total. The first-order valence-electron chi connectivity index (χ1n) is 7.85. The summed E-state index contributed by atoms with van der Waals surface area (Å²) in [6.45, 7) is 5.16. The molecule has 1 heterocycles. The minimum Gasteiger partial charge on any atom is -0.339 e. The lowest BCUT2D eigenvalue weighted by Crippen LogP contribution is -2.25. The van der Waals surface area contributed by atoms with Crippen molar-refractivity contribution in [3.8, 4) is 0 Å². The van der Waals surface area contributed by atoms with Crippen molar-refractivity contribution >= 4 is 0 Å². The van der Waals surface area contributed by atoms with Crippen LogP contribution in [0, 0.1) is 0 Å². The van der Waals surface area contributed by atoms with Crippen LogP contribution in [0.5, 0.6) is 0 Å². The van der Waals surface area contributed by atoms with Gasteiger partial charge in [-0.1, -0.05) is 43.3 Å². The Morgan fingerprint density at radius 2 is 2.10 bits per heavy atom. The maximum atomic E-state index is 5.39. The van der Waals surface area contributed by atoms with E-state index in [1.165, 1.54) is 11.1 Å². The van der Waals surface area contributed by atoms with Crippen molar-refractivity contribution in [2.24, 2.45) is 0 Å². The van der Waals surface area contributed by atoms with Gasteiger partial charge >= 0.3 is 0 Å². The summed E-state index contributed by atoms with van der Waals surface area (Å²) in [4.78, 5) is 4.59. The average Bonchev–Trinajstić information content (AvgIpc) is 2.95. The number of rotatable bonds is 5. The first-order valence-corrected chi connectivity index (χ1v) is 7.85. The normalized spacial score (nSPS) is 18.0. The summed E-state index contributed by atoms with van der Waals surface area (Å²) in [5.74, 6) is 2.02. The maximum Gasteiger partial charge on any atom is 0.227 e. The lowest BCUT2D eigenvalue weighted by molar-refractivity contribution is 0.363. The molecule has 3 rings (SSSR count). The fraction of sp³-hybridized carbons (Fsp3) is 0.529. The topological polar surface area (TPSA) is 51.0 Å². The summed E-state index contributed by atoms with van der Waals surface area (Å²) >= 11 is 0. The fourth-order valence-corrected chi connectivity index (χ4v) is 2.92. The van der Waals surface area contributed by atoms with Crippen LogP contribution in [0.3, 0.4) is 0 Å². The summed E-state index contributed by atoms with van der Waals surface area (Å²) in [7, 11) is 0. The van der Waals surface area contributed by atoms with Crippen LogP contribution in [0.1, 0.15) is 49.0 Å². The van der Waals surface area contributed by atoms with Gasteiger partial charge in [-0.2, -0.15) is 4.98 Å². The highest BCUT2D eigenvalue weighted by Crippen LogP contribution is 2.31. The lowest BCUT2D eigenvalue weighted by Gasteiger charge is -2.21. The molecule has 1 atom stereocenters. The molecule has 1 aliphatic carbocycles. The summed E-state index contributed by atoms with van der Waals surface area (Å²) in [5.41, 5.74) is 2.90. The Morgan fingerprint density at radius 1 is 1.29 bits per heavy atom. The number of nitrogens with zero attached hydrogens (tertiary/aromatic N) is 2. The van der Waals surface area contributed by atoms with Crippen molar-refractivity contribution in [2.45, 2.75) is 51.5 Å². The fourth-order valence-electron chi connectivity index (χ4n) is 2.92. The number of aromatic nitrogens is 2. The smallest absolute Gasteiger partial charge is 0.227 e. The molecule has 0 fully saturated rings. The van der Waals surface area contributed by atoms with E-state index in [0.29, 0.717) is 12.0 Å². The molecule has 4 heteroatoms. The summed E-state index contributed by atoms with van der Waals surface area (Å²) in [6.07, 6.45) is 4.05. The van der Waals surface area contributed by atoms with Gasteiger partial charge < -0.3 is 9.84 Å². The van der Waals surface area contributed by atoms with E-state index in [9.17, 15) is 0 Å². The highest BCUT2D eigenvalue weighted by molar-refractivity contribution is 5.31. The lowest BCUT2D eigenvalue weighted by atomic mass is 9.83. The number of hydrogen-bond donors (Lipinski definition) is 1. The predicted molar refractivity (Wildman–Crippen MR) is 82.3 cm³/mol. The van der Waals surface area contributed by atoms with Gasteiger partial charge in [0.15, 0.2) is 5.82 Å². The highest BCUT2D eigenvalue weighted by Gasteiger charge is 2.23. The first-order chi connectivity index (χ1) is 10.2. The molecular formula is C17H23N3O. The average molecular weight is 285 g/mol. The second-order valence-corrected chi connectivity index (χ2v) is 6.11. The van der Waals surface area contributed by atoms with Crippen LogP contribution in [-0.4, -0.2) is 22.7 Å². The van der Waals surface area contributed by atoms with E-state index in [1.807, 2.05) is 0 Å². The van der Waals surface area contributed by atoms with Crippen LogP contribution < -0.4 is 5.32 Å². The van der Waals surface area contributed by atoms with E-state index in [-0.39, 0.29) is 0 Å². The molecule has 1 N–H and O–H groups in total. The van der Waals surface area contributed by atoms with Crippen molar-refractivity contribution in [2.75, 3.05) is 6.54 Å². The van der Waals surface area contributed by atoms with Crippen LogP contribution in [-0.2, 0) is 19.3 Å². The molecule has 0 radical (unpaired) electrons. The van der Waals surface area contributed by atoms with Gasteiger partial charge in [0, 0.05) is 24.9 Å². The summed E-state index contributed by atoms with van der Waals surface area (Å²) < 4.78 is 5.39. The summed E-state index contributed by atoms with van der Waals surface area (Å²) in [6, 6.07) is 9.16. The minimum absolute atomic E-state index is 0.399. The molecule has 0 saturated carbocycles. The standard InChI is InChI=1S/C17H23N3O/c1-12(2)18-10-9-16-19-17(20-21-16)15-8-7-13-5-3-4-6-14(13)11-15/h3-6,12,15,18H,7-11H2,1-2H3. The van der Waals surface area contributed by atoms with Gasteiger partial charge in [0.05, 0.1) is 0 Å². The van der Waals surface area contributed by atoms with Crippen molar-refractivity contribution in [3.05, 3.63) is 47.1 Å². The van der Waals surface area contributed by atoms with E-state index < -0.39 is 0 Å². The molecule has 0 saturated heterocycles. The van der Waals surface area contributed by atoms with Crippen molar-refractivity contribution < 1.29 is 4.52 Å². The van der Waals surface area contributed by atoms with Gasteiger partial charge in [-0.15, -0.1) is 0 Å². The highest BCUT2D eigenvalue weighted by atomic mass is 16.5. The number of benzene rings is 1. The predicted octanol–water partition coefficient (Wildman–Crippen LogP) is 2.88. The third-order valence-corrected chi connectivity index (χ3v) is 4.09. The molecule has 1 aromatic heterocycles. The van der Waals surface area contributed by atoms with Gasteiger partial charge in [-0.25, -0.2) is 0 Å². The van der Waals surface area contributed by atoms with Crippen LogP contribution in [0.25, 0.3) is 0 Å². The second-order valence-electron chi connectivity index (χ2n) is 6.11. The quantitative estimate of drug-likeness (QED) is 0.917. The Hall–Kier alpha value is -1.68. The van der Waals surface area contributed by atoms with Crippen molar-refractivity contribution in [3.63, 3.8) is 0 Å². The third-order valence-electron chi connectivity index (χ3n) is 4.09. The second kappa shape index (κ2) is 6.39.